The van der Waals surface area contributed by atoms with Gasteiger partial charge >= 0.3 is 0 Å². The van der Waals surface area contributed by atoms with Crippen LogP contribution in [-0.2, 0) is 12.8 Å². The number of nitrogens with two attached hydrogens (primary N) is 1. The molecular formula is C16H17BrN2. The fraction of sp³-hybridized carbons (Fsp3) is 0.250. The van der Waals surface area contributed by atoms with E-state index in [0.717, 1.165) is 41.8 Å². The molecule has 2 nitrogen and oxygen atoms in total. The Labute approximate surface area is 122 Å². The Morgan fingerprint density at radius 1 is 0.947 bits per heavy atom. The van der Waals surface area contributed by atoms with Gasteiger partial charge in [-0.15, -0.1) is 0 Å². The highest BCUT2D eigenvalue weighted by atomic mass is 79.9. The fourth-order valence-electron chi connectivity index (χ4n) is 2.72. The SMILES string of the molecule is Nc1cc(Br)ccc1N1CCc2ccccc2CC1. The second-order valence-corrected chi connectivity index (χ2v) is 5.87. The molecule has 0 bridgehead atoms. The molecule has 0 amide bonds. The van der Waals surface area contributed by atoms with Crippen molar-refractivity contribution in [3.63, 3.8) is 0 Å². The fourth-order valence-corrected chi connectivity index (χ4v) is 3.10. The lowest BCUT2D eigenvalue weighted by atomic mass is 10.0. The summed E-state index contributed by atoms with van der Waals surface area (Å²) in [7, 11) is 0. The molecular weight excluding hydrogens is 300 g/mol. The van der Waals surface area contributed by atoms with Crippen molar-refractivity contribution in [2.45, 2.75) is 12.8 Å². The molecule has 0 atom stereocenters. The topological polar surface area (TPSA) is 29.3 Å². The molecule has 1 aliphatic heterocycles. The van der Waals surface area contributed by atoms with Crippen LogP contribution >= 0.6 is 15.9 Å². The molecule has 98 valence electrons. The molecule has 2 aromatic rings. The lowest BCUT2D eigenvalue weighted by Crippen LogP contribution is -2.26. The Bertz CT molecular complexity index is 568. The third-order valence-corrected chi connectivity index (χ3v) is 4.24. The molecule has 0 saturated heterocycles. The van der Waals surface area contributed by atoms with E-state index < -0.39 is 0 Å². The zero-order valence-electron chi connectivity index (χ0n) is 10.8. The van der Waals surface area contributed by atoms with Gasteiger partial charge in [0, 0.05) is 17.6 Å². The summed E-state index contributed by atoms with van der Waals surface area (Å²) in [4.78, 5) is 2.39. The van der Waals surface area contributed by atoms with Crippen LogP contribution in [0.4, 0.5) is 11.4 Å². The molecule has 1 aliphatic rings. The highest BCUT2D eigenvalue weighted by Crippen LogP contribution is 2.28. The van der Waals surface area contributed by atoms with E-state index in [9.17, 15) is 0 Å². The number of anilines is 2. The first-order valence-electron chi connectivity index (χ1n) is 6.61. The molecule has 0 aromatic heterocycles. The van der Waals surface area contributed by atoms with Gasteiger partial charge < -0.3 is 10.6 Å². The molecule has 3 rings (SSSR count). The van der Waals surface area contributed by atoms with Gasteiger partial charge in [0.05, 0.1) is 11.4 Å². The van der Waals surface area contributed by atoms with Crippen molar-refractivity contribution >= 4 is 27.3 Å². The minimum Gasteiger partial charge on any atom is -0.397 e. The summed E-state index contributed by atoms with van der Waals surface area (Å²) in [6.45, 7) is 2.06. The zero-order chi connectivity index (χ0) is 13.2. The van der Waals surface area contributed by atoms with Gasteiger partial charge in [-0.25, -0.2) is 0 Å². The average Bonchev–Trinajstić information content (AvgIpc) is 2.62. The van der Waals surface area contributed by atoms with Gasteiger partial charge in [0.2, 0.25) is 0 Å². The molecule has 0 spiro atoms. The van der Waals surface area contributed by atoms with Crippen LogP contribution < -0.4 is 10.6 Å². The van der Waals surface area contributed by atoms with Crippen LogP contribution in [0.5, 0.6) is 0 Å². The van der Waals surface area contributed by atoms with Crippen molar-refractivity contribution in [2.24, 2.45) is 0 Å². The van der Waals surface area contributed by atoms with E-state index in [1.807, 2.05) is 6.07 Å². The van der Waals surface area contributed by atoms with Gasteiger partial charge in [0.15, 0.2) is 0 Å². The van der Waals surface area contributed by atoms with Crippen molar-refractivity contribution < 1.29 is 0 Å². The van der Waals surface area contributed by atoms with Crippen LogP contribution in [0.15, 0.2) is 46.9 Å². The van der Waals surface area contributed by atoms with E-state index in [4.69, 9.17) is 5.73 Å². The number of fused-ring (bicyclic) bond motifs is 1. The number of hydrogen-bond acceptors (Lipinski definition) is 2. The number of nitrogen functional groups attached to an aromatic ring is 1. The van der Waals surface area contributed by atoms with Crippen molar-refractivity contribution in [3.05, 3.63) is 58.1 Å². The lowest BCUT2D eigenvalue weighted by molar-refractivity contribution is 0.807. The average molecular weight is 317 g/mol. The molecule has 0 aliphatic carbocycles. The lowest BCUT2D eigenvalue weighted by Gasteiger charge is -2.24. The normalized spacial score (nSPS) is 14.9. The van der Waals surface area contributed by atoms with Crippen molar-refractivity contribution in [3.8, 4) is 0 Å². The summed E-state index contributed by atoms with van der Waals surface area (Å²) in [6.07, 6.45) is 2.18. The Morgan fingerprint density at radius 3 is 2.16 bits per heavy atom. The molecule has 0 fully saturated rings. The summed E-state index contributed by atoms with van der Waals surface area (Å²) >= 11 is 3.46. The standard InChI is InChI=1S/C16H17BrN2/c17-14-5-6-16(15(18)11-14)19-9-7-12-3-1-2-4-13(12)8-10-19/h1-6,11H,7-10,18H2. The third kappa shape index (κ3) is 2.61. The largest absolute Gasteiger partial charge is 0.397 e. The first kappa shape index (κ1) is 12.5. The number of nitrogens with zero attached hydrogens (tertiary/aromatic N) is 1. The summed E-state index contributed by atoms with van der Waals surface area (Å²) < 4.78 is 1.03. The third-order valence-electron chi connectivity index (χ3n) is 3.75. The van der Waals surface area contributed by atoms with Gasteiger partial charge in [0.25, 0.3) is 0 Å². The Kier molecular flexibility index (Phi) is 3.47. The maximum atomic E-state index is 6.14. The van der Waals surface area contributed by atoms with Crippen LogP contribution in [0.1, 0.15) is 11.1 Å². The molecule has 2 N–H and O–H groups in total. The Balaban J connectivity index is 1.85. The van der Waals surface area contributed by atoms with Crippen molar-refractivity contribution in [1.82, 2.24) is 0 Å². The molecule has 1 heterocycles. The van der Waals surface area contributed by atoms with E-state index >= 15 is 0 Å². The van der Waals surface area contributed by atoms with Gasteiger partial charge in [0.1, 0.15) is 0 Å². The van der Waals surface area contributed by atoms with Crippen molar-refractivity contribution in [1.29, 1.82) is 0 Å². The maximum Gasteiger partial charge on any atom is 0.0600 e. The molecule has 0 radical (unpaired) electrons. The molecule has 3 heteroatoms. The van der Waals surface area contributed by atoms with Crippen molar-refractivity contribution in [2.75, 3.05) is 23.7 Å². The van der Waals surface area contributed by atoms with Gasteiger partial charge in [-0.1, -0.05) is 40.2 Å². The predicted octanol–water partition coefficient (Wildman–Crippen LogP) is 3.64. The molecule has 0 saturated carbocycles. The number of halogens is 1. The predicted molar refractivity (Wildman–Crippen MR) is 84.6 cm³/mol. The van der Waals surface area contributed by atoms with Gasteiger partial charge in [-0.2, -0.15) is 0 Å². The molecule has 2 aromatic carbocycles. The first-order chi connectivity index (χ1) is 9.24. The Hall–Kier alpha value is -1.48. The minimum atomic E-state index is 0.848. The minimum absolute atomic E-state index is 0.848. The zero-order valence-corrected chi connectivity index (χ0v) is 12.4. The second-order valence-electron chi connectivity index (χ2n) is 4.96. The van der Waals surface area contributed by atoms with Gasteiger partial charge in [-0.3, -0.25) is 0 Å². The number of benzene rings is 2. The van der Waals surface area contributed by atoms with Crippen LogP contribution in [0.25, 0.3) is 0 Å². The van der Waals surface area contributed by atoms with Gasteiger partial charge in [-0.05, 0) is 42.2 Å². The highest BCUT2D eigenvalue weighted by Gasteiger charge is 2.15. The number of rotatable bonds is 1. The van der Waals surface area contributed by atoms with Crippen LogP contribution in [-0.4, -0.2) is 13.1 Å². The quantitative estimate of drug-likeness (QED) is 0.814. The van der Waals surface area contributed by atoms with E-state index in [1.165, 1.54) is 11.1 Å². The summed E-state index contributed by atoms with van der Waals surface area (Å²) in [5, 5.41) is 0. The highest BCUT2D eigenvalue weighted by molar-refractivity contribution is 9.10. The summed E-state index contributed by atoms with van der Waals surface area (Å²) in [6, 6.07) is 14.9. The molecule has 0 unspecified atom stereocenters. The van der Waals surface area contributed by atoms with Crippen LogP contribution in [0, 0.1) is 0 Å². The van der Waals surface area contributed by atoms with Crippen LogP contribution in [0.3, 0.4) is 0 Å². The Morgan fingerprint density at radius 2 is 1.58 bits per heavy atom. The monoisotopic (exact) mass is 316 g/mol. The first-order valence-corrected chi connectivity index (χ1v) is 7.40. The van der Waals surface area contributed by atoms with E-state index in [0.29, 0.717) is 0 Å². The summed E-state index contributed by atoms with van der Waals surface area (Å²) in [5.74, 6) is 0. The molecule has 19 heavy (non-hydrogen) atoms. The second kappa shape index (κ2) is 5.25. The smallest absolute Gasteiger partial charge is 0.0600 e. The maximum absolute atomic E-state index is 6.14. The number of hydrogen-bond donors (Lipinski definition) is 1. The van der Waals surface area contributed by atoms with E-state index in [-0.39, 0.29) is 0 Å². The van der Waals surface area contributed by atoms with Crippen LogP contribution in [0.2, 0.25) is 0 Å². The van der Waals surface area contributed by atoms with E-state index in [1.54, 1.807) is 0 Å². The van der Waals surface area contributed by atoms with E-state index in [2.05, 4.69) is 57.2 Å². The summed E-state index contributed by atoms with van der Waals surface area (Å²) in [5.41, 5.74) is 11.1.